The lowest BCUT2D eigenvalue weighted by Crippen LogP contribution is -2.44. The van der Waals surface area contributed by atoms with Crippen molar-refractivity contribution in [2.24, 2.45) is 0 Å². The number of benzene rings is 2. The summed E-state index contributed by atoms with van der Waals surface area (Å²) in [5.74, 6) is 1.57. The molecule has 12 N–H and O–H groups in total. The van der Waals surface area contributed by atoms with Crippen molar-refractivity contribution >= 4 is 17.6 Å². The number of ether oxygens (including phenoxy) is 9. The molecule has 6 aromatic heterocycles. The van der Waals surface area contributed by atoms with E-state index in [9.17, 15) is 5.11 Å². The molecule has 832 valence electrons. The van der Waals surface area contributed by atoms with Gasteiger partial charge >= 0.3 is 17.6 Å². The fraction of sp³-hybridized carbons (Fsp3) is 0.632. The fourth-order valence-electron chi connectivity index (χ4n) is 18.1. The van der Waals surface area contributed by atoms with Crippen molar-refractivity contribution in [2.75, 3.05) is 263 Å². The first kappa shape index (κ1) is 123. The Hall–Kier alpha value is -7.67. The highest BCUT2D eigenvalue weighted by Crippen LogP contribution is 2.42. The van der Waals surface area contributed by atoms with E-state index in [2.05, 4.69) is 173 Å². The first-order valence-corrected chi connectivity index (χ1v) is 60.3. The number of unbranched alkanes of at least 4 members (excludes halogenated alkanes) is 12. The molecule has 0 aliphatic carbocycles. The number of aromatic nitrogens is 6. The summed E-state index contributed by atoms with van der Waals surface area (Å²) in [6.45, 7) is 45.2. The number of aliphatic hydroxyl groups is 1. The second-order valence-corrected chi connectivity index (χ2v) is 44.0. The summed E-state index contributed by atoms with van der Waals surface area (Å²) in [5.41, 5.74) is 10.6. The molecular weight excluding hydrogens is 1930 g/mol. The minimum absolute atomic E-state index is 0.0448. The maximum atomic E-state index is 11.0. The molecule has 5 saturated heterocycles. The maximum absolute atomic E-state index is 11.0. The predicted octanol–water partition coefficient (Wildman–Crippen LogP) is 12.7. The topological polar surface area (TPSA) is 375 Å². The molecule has 150 heavy (non-hydrogen) atoms. The average molecular weight is 2120 g/mol. The Morgan fingerprint density at radius 1 is 0.313 bits per heavy atom. The molecule has 0 saturated carbocycles. The third kappa shape index (κ3) is 50.0. The molecule has 11 heterocycles. The van der Waals surface area contributed by atoms with Crippen LogP contribution >= 0.6 is 0 Å². The molecule has 5 aliphatic rings. The van der Waals surface area contributed by atoms with Crippen LogP contribution in [-0.4, -0.2) is 369 Å². The monoisotopic (exact) mass is 2120 g/mol. The summed E-state index contributed by atoms with van der Waals surface area (Å²) < 4.78 is 87.5. The zero-order valence-corrected chi connectivity index (χ0v) is 93.0. The van der Waals surface area contributed by atoms with E-state index in [1.165, 1.54) is 89.9 Å². The molecule has 0 radical (unpaired) electrons. The minimum Gasteiger partial charge on any atom is -0.491 e. The van der Waals surface area contributed by atoms with E-state index in [4.69, 9.17) is 79.2 Å². The smallest absolute Gasteiger partial charge is 0.491 e. The summed E-state index contributed by atoms with van der Waals surface area (Å²) in [6, 6.07) is 49.4. The Morgan fingerprint density at radius 2 is 0.620 bits per heavy atom. The van der Waals surface area contributed by atoms with E-state index < -0.39 is 23.7 Å². The predicted molar refractivity (Wildman–Crippen MR) is 600 cm³/mol. The molecule has 5 aliphatic heterocycles. The quantitative estimate of drug-likeness (QED) is 0.00957. The number of epoxide rings is 1. The van der Waals surface area contributed by atoms with Gasteiger partial charge in [0.05, 0.1) is 161 Å². The first-order valence-electron chi connectivity index (χ1n) is 56.4. The molecule has 8 aromatic rings. The Morgan fingerprint density at radius 3 is 0.953 bits per heavy atom. The molecule has 6 atom stereocenters. The van der Waals surface area contributed by atoms with Crippen LogP contribution in [0.2, 0.25) is 12.1 Å². The summed E-state index contributed by atoms with van der Waals surface area (Å²) in [6.07, 6.45) is 27.6. The molecule has 0 amide bonds. The number of likely N-dealkylation sites (N-methyl/N-ethyl adjacent to an activating group) is 2. The molecule has 36 heteroatoms. The van der Waals surface area contributed by atoms with Crippen LogP contribution < -0.4 is 68.0 Å². The Labute approximate surface area is 897 Å². The number of hydrogen-bond donors (Lipinski definition) is 12. The number of nitrogens with zero attached hydrogens (tertiary/aromatic N) is 7. The van der Waals surface area contributed by atoms with Gasteiger partial charge in [-0.2, -0.15) is 0 Å². The lowest BCUT2D eigenvalue weighted by atomic mass is 10.0. The van der Waals surface area contributed by atoms with Gasteiger partial charge in [-0.3, -0.25) is 24.8 Å². The molecule has 5 fully saturated rings. The second kappa shape index (κ2) is 76.0. The molecule has 13 rings (SSSR count). The standard InChI is InChI=1S/C57H91N9O8Si.C46H71N9O3.C11H20O5Si/c1-4-58-27-28-61-30-29-59-23-12-8-6-5-7-9-13-24-60-31-34-66(45-51(67)46-70-36-16-42-75-72-47(2)57(74-75)48(3)73-75)35-32-62-33-37-68-38-39-69-40-41-71-52-21-19-49(20-22-52)50-43-55(53-17-10-14-25-63-53)65-56(44-50)54-18-11-15-26-64-54;1-2-47-24-25-50-28-26-48-20-10-6-4-3-5-7-11-21-49-27-29-51-30-31-52-32-33-56-34-35-57-36-37-58-42-18-16-40(17-19-42)41-38-45(43-14-8-12-22-53-43)55-46(39-41)44-15-9-13-23-54-44;1-8-11-9(2)15-17(14-8,16-11)5-3-4-12-6-10-7-13-10/h10-11,14-15,17-22,25-26,43-44,47-48,51,57-62,67H,4-9,12-13,16,23-24,27-42,45-46H2,1-3H3;8-9,12-19,22-23,38-39,47-52H,2-7,10-11,20-21,24-37H2,1H3;8-11H,3-7H2,1-2H3. The Balaban J connectivity index is 0.000000250. The van der Waals surface area contributed by atoms with Crippen molar-refractivity contribution in [1.29, 1.82) is 0 Å². The van der Waals surface area contributed by atoms with Crippen LogP contribution in [0.1, 0.15) is 144 Å². The highest BCUT2D eigenvalue weighted by Gasteiger charge is 2.62. The second-order valence-electron chi connectivity index (χ2n) is 38.8. The van der Waals surface area contributed by atoms with Gasteiger partial charge in [0.15, 0.2) is 0 Å². The van der Waals surface area contributed by atoms with Crippen molar-refractivity contribution in [2.45, 2.75) is 205 Å². The van der Waals surface area contributed by atoms with Gasteiger partial charge in [0.25, 0.3) is 0 Å². The van der Waals surface area contributed by atoms with Crippen LogP contribution in [0.15, 0.2) is 170 Å². The molecule has 4 bridgehead atoms. The number of pyridine rings is 6. The van der Waals surface area contributed by atoms with Crippen molar-refractivity contribution in [3.63, 3.8) is 0 Å². The zero-order chi connectivity index (χ0) is 105. The van der Waals surface area contributed by atoms with Crippen LogP contribution in [-0.2, 0) is 59.7 Å². The van der Waals surface area contributed by atoms with Gasteiger partial charge in [-0.15, -0.1) is 0 Å². The van der Waals surface area contributed by atoms with Crippen LogP contribution in [0.3, 0.4) is 0 Å². The van der Waals surface area contributed by atoms with Crippen molar-refractivity contribution in [1.82, 2.24) is 93.3 Å². The summed E-state index contributed by atoms with van der Waals surface area (Å²) in [5, 5.41) is 49.3. The fourth-order valence-corrected chi connectivity index (χ4v) is 24.7. The normalized spacial score (nSPS) is 19.1. The zero-order valence-electron chi connectivity index (χ0n) is 91.0. The van der Waals surface area contributed by atoms with Crippen LogP contribution in [0.5, 0.6) is 11.5 Å². The molecule has 34 nitrogen and oxygen atoms in total. The lowest BCUT2D eigenvalue weighted by Gasteiger charge is -2.27. The average Bonchev–Trinajstić information content (AvgIpc) is 1.61. The van der Waals surface area contributed by atoms with Crippen LogP contribution in [0.4, 0.5) is 0 Å². The highest BCUT2D eigenvalue weighted by atomic mass is 28.4. The van der Waals surface area contributed by atoms with Gasteiger partial charge in [-0.1, -0.05) is 127 Å². The van der Waals surface area contributed by atoms with E-state index in [-0.39, 0.29) is 36.6 Å². The number of aliphatic hydroxyl groups excluding tert-OH is 1. The Bertz CT molecular complexity index is 4560. The number of rotatable bonds is 86. The van der Waals surface area contributed by atoms with E-state index in [0.717, 1.165) is 275 Å². The van der Waals surface area contributed by atoms with Gasteiger partial charge in [-0.25, -0.2) is 9.97 Å². The molecule has 0 spiro atoms. The number of hydrogen-bond acceptors (Lipinski definition) is 34. The van der Waals surface area contributed by atoms with Crippen LogP contribution in [0.25, 0.3) is 67.8 Å². The van der Waals surface area contributed by atoms with Crippen molar-refractivity contribution in [3.8, 4) is 79.3 Å². The van der Waals surface area contributed by atoms with E-state index in [1.807, 2.05) is 97.1 Å². The third-order valence-electron chi connectivity index (χ3n) is 26.3. The maximum Gasteiger partial charge on any atom is 0.502 e. The number of nitrogens with one attached hydrogen (secondary N) is 11. The van der Waals surface area contributed by atoms with E-state index in [0.29, 0.717) is 98.5 Å². The van der Waals surface area contributed by atoms with Gasteiger partial charge in [-0.05, 0) is 225 Å². The highest BCUT2D eigenvalue weighted by molar-refractivity contribution is 6.62. The first-order chi connectivity index (χ1) is 73.9. The molecular formula is C114H182N18O16Si2. The van der Waals surface area contributed by atoms with Crippen molar-refractivity contribution < 1.29 is 74.3 Å². The lowest BCUT2D eigenvalue weighted by molar-refractivity contribution is 0.0149. The van der Waals surface area contributed by atoms with E-state index >= 15 is 0 Å². The largest absolute Gasteiger partial charge is 0.502 e. The molecule has 6 unspecified atom stereocenters. The van der Waals surface area contributed by atoms with Gasteiger partial charge < -0.3 is 133 Å². The van der Waals surface area contributed by atoms with Gasteiger partial charge in [0, 0.05) is 174 Å². The third-order valence-corrected chi connectivity index (χ3v) is 32.4. The van der Waals surface area contributed by atoms with Crippen LogP contribution in [0, 0.1) is 0 Å². The van der Waals surface area contributed by atoms with E-state index in [1.54, 1.807) is 24.8 Å². The van der Waals surface area contributed by atoms with Gasteiger partial charge in [0.1, 0.15) is 30.8 Å². The summed E-state index contributed by atoms with van der Waals surface area (Å²) >= 11 is 0. The minimum atomic E-state index is -2.57. The summed E-state index contributed by atoms with van der Waals surface area (Å²) in [7, 11) is -4.90. The Kier molecular flexibility index (Phi) is 62.1. The van der Waals surface area contributed by atoms with Crippen molar-refractivity contribution in [3.05, 3.63) is 170 Å². The van der Waals surface area contributed by atoms with Gasteiger partial charge in [0.2, 0.25) is 0 Å². The SMILES string of the molecule is CC1O[Si]2(CCCOCC3CO3)OC(C)C1O2.CCNCCNCCNCCCCCCCCCNCCN(CCNCCOCCOCCOc1ccc(-c2cc(-c3ccccn3)nc(-c3ccccn3)c2)cc1)CC(O)COCCC[Si]12OC(C)C(O1)C(C)O2.CCNCCNCCNCCCCCCCCCNCCNCCNCCOCCOCCOc1ccc(-c2cc(-c3ccccn3)nc(-c3ccccn3)c2)cc1. The summed E-state index contributed by atoms with van der Waals surface area (Å²) in [4.78, 5) is 30.2. The molecule has 2 aromatic carbocycles. The number of fused-ring (bicyclic) bond motifs is 4.